The number of thioether (sulfide) groups is 1. The van der Waals surface area contributed by atoms with Crippen molar-refractivity contribution < 1.29 is 117 Å². The first-order valence-electron chi connectivity index (χ1n) is 46.6. The molecule has 7 amide bonds. The van der Waals surface area contributed by atoms with E-state index in [0.717, 1.165) is 99.3 Å². The summed E-state index contributed by atoms with van der Waals surface area (Å²) < 4.78 is 37.0. The number of nitrogens with two attached hydrogens (primary N) is 6. The molecule has 0 aliphatic carbocycles. The number of hydrogen-bond donors (Lipinski definition) is 19. The second kappa shape index (κ2) is 84.3. The molecule has 0 atom stereocenters. The van der Waals surface area contributed by atoms with Crippen LogP contribution >= 0.6 is 35.0 Å². The number of alkyl carbamates (subject to hydrolysis) is 2. The number of hydrogen-bond acceptors (Lipinski definition) is 36. The van der Waals surface area contributed by atoms with E-state index in [4.69, 9.17) is 137 Å². The average molecular weight is 2110 g/mol. The van der Waals surface area contributed by atoms with Crippen molar-refractivity contribution in [3.05, 3.63) is 213 Å². The molecule has 0 aliphatic heterocycles. The highest BCUT2D eigenvalue weighted by atomic mass is 35.5. The van der Waals surface area contributed by atoms with Gasteiger partial charge in [-0.3, -0.25) is 34.3 Å². The number of carbonyl (C=O) groups excluding carboxylic acids is 8. The Morgan fingerprint density at radius 1 is 0.411 bits per heavy atom. The minimum absolute atomic E-state index is 0. The first-order chi connectivity index (χ1) is 69.5. The summed E-state index contributed by atoms with van der Waals surface area (Å²) >= 11 is 12.8. The van der Waals surface area contributed by atoms with Crippen LogP contribution in [0.5, 0.6) is 23.0 Å². The number of aliphatic hydroxyl groups excluding tert-OH is 9. The van der Waals surface area contributed by atoms with Crippen LogP contribution in [0.3, 0.4) is 0 Å². The Morgan fingerprint density at radius 3 is 1.07 bits per heavy atom. The number of aliphatic hydroxyl groups is 9. The van der Waals surface area contributed by atoms with Crippen molar-refractivity contribution in [1.29, 1.82) is 0 Å². The maximum absolute atomic E-state index is 12.2. The Balaban J connectivity index is 0.00000178. The summed E-state index contributed by atoms with van der Waals surface area (Å²) in [6.45, 7) is 9.46. The highest BCUT2D eigenvalue weighted by Crippen LogP contribution is 2.23. The molecule has 0 bridgehead atoms. The number of amides is 7. The zero-order chi connectivity index (χ0) is 106. The lowest BCUT2D eigenvalue weighted by Crippen LogP contribution is -2.38. The van der Waals surface area contributed by atoms with Crippen molar-refractivity contribution in [1.82, 2.24) is 55.9 Å². The van der Waals surface area contributed by atoms with Gasteiger partial charge in [-0.15, -0.1) is 11.8 Å². The number of halogens is 2. The second-order valence-electron chi connectivity index (χ2n) is 30.3. The van der Waals surface area contributed by atoms with Gasteiger partial charge in [0, 0.05) is 78.6 Å². The van der Waals surface area contributed by atoms with E-state index < -0.39 is 24.0 Å². The number of benzene rings is 6. The summed E-state index contributed by atoms with van der Waals surface area (Å²) in [5, 5.41) is 88.7. The van der Waals surface area contributed by atoms with E-state index in [0.29, 0.717) is 73.9 Å². The number of unbranched alkanes of at least 4 members (excludes halogenated alkanes) is 4. The fraction of sp³-hybridized carbons (Fsp3) is 0.460. The molecule has 0 fully saturated rings. The molecule has 0 aliphatic rings. The molecule has 0 spiro atoms. The summed E-state index contributed by atoms with van der Waals surface area (Å²) in [7, 11) is 0. The third-order valence-corrected chi connectivity index (χ3v) is 20.4. The number of rotatable bonds is 54. The number of nitrogens with one attached hydrogen (secondary N) is 4. The van der Waals surface area contributed by atoms with Gasteiger partial charge in [-0.1, -0.05) is 147 Å². The Hall–Kier alpha value is -12.9. The lowest BCUT2D eigenvalue weighted by atomic mass is 10.1. The number of aryl methyl sites for hydroxylation is 4. The summed E-state index contributed by atoms with van der Waals surface area (Å²) in [5.74, 6) is -0.536. The van der Waals surface area contributed by atoms with Crippen LogP contribution in [0, 0.1) is 0 Å². The van der Waals surface area contributed by atoms with Gasteiger partial charge >= 0.3 is 18.2 Å². The van der Waals surface area contributed by atoms with Gasteiger partial charge < -0.3 is 144 Å². The number of nitrogen functional groups attached to an aromatic ring is 4. The quantitative estimate of drug-likeness (QED) is 0.00615. The first-order valence-corrected chi connectivity index (χ1v) is 48.6. The molecule has 43 nitrogen and oxygen atoms in total. The van der Waals surface area contributed by atoms with Crippen molar-refractivity contribution >= 4 is 117 Å². The Morgan fingerprint density at radius 2 is 0.740 bits per heavy atom. The number of anilines is 4. The second-order valence-corrected chi connectivity index (χ2v) is 32.0. The summed E-state index contributed by atoms with van der Waals surface area (Å²) in [5.41, 5.74) is 39.5. The van der Waals surface area contributed by atoms with Gasteiger partial charge in [0.2, 0.25) is 0 Å². The minimum atomic E-state index is -0.693. The Bertz CT molecular complexity index is 4930. The molecule has 146 heavy (non-hydrogen) atoms. The highest BCUT2D eigenvalue weighted by Gasteiger charge is 2.21. The number of nitrogens with zero attached hydrogens (tertiary/aromatic N) is 9. The smallest absolute Gasteiger partial charge is 0.407 e. The van der Waals surface area contributed by atoms with E-state index in [1.54, 1.807) is 39.2 Å². The SMILES string of the molecule is C.C.CCO.CCOC(=O)COc1ccc(CCCCNC(=O)OCc2ccccc2)cc1.CSC(C)=NC(=O)c1nc(Cl)c(N)nc1N.NC(=NCCCCc1ccc(OCC(=O)N(CCO)CCO)cc1)NC(=O)c1nc(Cl)c(N)nc1N.NCCCCc1ccc(OCC(=O)N(CCO)CCO)cc1.O=C(NCCCCc1ccc(OCC(=O)N(CCO)CCO)cc1)OCc1ccccc1.OCCNCCO. The molecular formula is C100H151Cl2N19O24S. The predicted molar refractivity (Wildman–Crippen MR) is 567 cm³/mol. The molecule has 2 heterocycles. The molecule has 25 N–H and O–H groups in total. The van der Waals surface area contributed by atoms with Gasteiger partial charge in [-0.05, 0) is 193 Å². The third kappa shape index (κ3) is 62.0. The van der Waals surface area contributed by atoms with Crippen molar-refractivity contribution in [2.45, 2.75) is 126 Å². The minimum Gasteiger partial charge on any atom is -0.484 e. The van der Waals surface area contributed by atoms with E-state index in [1.807, 2.05) is 146 Å². The fourth-order valence-corrected chi connectivity index (χ4v) is 12.2. The molecule has 6 aromatic carbocycles. The van der Waals surface area contributed by atoms with Gasteiger partial charge in [0.25, 0.3) is 29.5 Å². The van der Waals surface area contributed by atoms with E-state index in [1.165, 1.54) is 37.6 Å². The monoisotopic (exact) mass is 2100 g/mol. The summed E-state index contributed by atoms with van der Waals surface area (Å²) in [4.78, 5) is 121. The number of aromatic nitrogens is 4. The summed E-state index contributed by atoms with van der Waals surface area (Å²) in [6, 6.07) is 49.3. The molecule has 0 saturated carbocycles. The van der Waals surface area contributed by atoms with Crippen LogP contribution in [0.1, 0.15) is 141 Å². The topological polar surface area (TPSA) is 673 Å². The number of aliphatic imine (C=N–C) groups is 2. The Kier molecular flexibility index (Phi) is 76.8. The van der Waals surface area contributed by atoms with Gasteiger partial charge in [0.1, 0.15) is 36.2 Å². The normalized spacial score (nSPS) is 10.4. The third-order valence-electron chi connectivity index (χ3n) is 19.1. The van der Waals surface area contributed by atoms with E-state index in [2.05, 4.69) is 51.2 Å². The highest BCUT2D eigenvalue weighted by molar-refractivity contribution is 8.13. The van der Waals surface area contributed by atoms with Crippen LogP contribution in [-0.2, 0) is 72.3 Å². The molecule has 0 unspecified atom stereocenters. The van der Waals surface area contributed by atoms with Crippen LogP contribution in [0.4, 0.5) is 32.9 Å². The number of esters is 1. The number of ether oxygens (including phenoxy) is 7. The fourth-order valence-electron chi connectivity index (χ4n) is 11.8. The van der Waals surface area contributed by atoms with Crippen molar-refractivity contribution in [2.75, 3.05) is 200 Å². The molecule has 810 valence electrons. The van der Waals surface area contributed by atoms with Crippen LogP contribution < -0.4 is 74.6 Å². The largest absolute Gasteiger partial charge is 0.484 e. The van der Waals surface area contributed by atoms with E-state index in [-0.39, 0.29) is 228 Å². The molecule has 0 saturated heterocycles. The lowest BCUT2D eigenvalue weighted by molar-refractivity contribution is -0.145. The molecular weight excluding hydrogens is 1950 g/mol. The van der Waals surface area contributed by atoms with Crippen molar-refractivity contribution in [3.8, 4) is 23.0 Å². The van der Waals surface area contributed by atoms with Gasteiger partial charge in [-0.2, -0.15) is 0 Å². The molecule has 8 rings (SSSR count). The van der Waals surface area contributed by atoms with Gasteiger partial charge in [0.05, 0.1) is 64.5 Å². The molecule has 0 radical (unpaired) electrons. The number of guanidine groups is 1. The van der Waals surface area contributed by atoms with E-state index in [9.17, 15) is 38.4 Å². The molecule has 8 aromatic rings. The zero-order valence-corrected chi connectivity index (χ0v) is 84.4. The first kappa shape index (κ1) is 133. The lowest BCUT2D eigenvalue weighted by Gasteiger charge is -2.20. The zero-order valence-electron chi connectivity index (χ0n) is 82.1. The van der Waals surface area contributed by atoms with Gasteiger partial charge in [-0.25, -0.2) is 39.3 Å². The number of carbonyl (C=O) groups is 8. The van der Waals surface area contributed by atoms with Crippen LogP contribution in [0.2, 0.25) is 10.3 Å². The summed E-state index contributed by atoms with van der Waals surface area (Å²) in [6.07, 6.45) is 11.7. The van der Waals surface area contributed by atoms with Crippen LogP contribution in [-0.4, -0.2) is 317 Å². The molecule has 46 heteroatoms. The maximum atomic E-state index is 12.2. The predicted octanol–water partition coefficient (Wildman–Crippen LogP) is 6.77. The van der Waals surface area contributed by atoms with E-state index >= 15 is 0 Å². The molecule has 2 aromatic heterocycles. The Labute approximate surface area is 868 Å². The maximum Gasteiger partial charge on any atom is 0.407 e. The van der Waals surface area contributed by atoms with Crippen LogP contribution in [0.15, 0.2) is 168 Å². The van der Waals surface area contributed by atoms with Crippen molar-refractivity contribution in [3.63, 3.8) is 0 Å². The average Bonchev–Trinajstić information content (AvgIpc) is 0.835. The van der Waals surface area contributed by atoms with Gasteiger partial charge in [0.15, 0.2) is 77.4 Å². The van der Waals surface area contributed by atoms with Crippen molar-refractivity contribution in [2.24, 2.45) is 21.5 Å². The standard InChI is InChI=1S/C24H32N2O6.C22H31ClN8O5.C22H27NO5.C16H26N2O4.C8H10ClN5OS.C4H11NO2.C2H6O.2CH4/c27-16-14-26(15-17-28)23(29)19-31-22-11-9-20(10-12-22)6-4-5-13-25-24(30)32-18-21-7-2-1-3-8-21;23-18-20(25)29-19(24)17(28-18)21(35)30-22(26)27-8-2-1-3-14-4-6-15(7-5-14)36-13-16(34)31(9-11-32)10-12-33;1-2-26-21(24)17-27-20-13-11-18(12-14-20)8-6-7-15-23-22(25)28-16-19-9-4-3-5-10-19;17-8-2-1-3-14-4-6-15(7-5-14)22-13-16(21)18(9-11-19)10-12-20;1-3(16-2)12-8(15)4-6(10)14-7(11)5(9)13-4;6-3-1-5-2-4-7;1-2-3;;/h1-3,7-12,27-28H,4-6,13-19H2,(H,25,30);4-7,32-33H,1-3,8-13H2,(H4,24,25,29)(H3,26,27,30,35);3-5,9-14H,2,6-8,15-17H2,1H3,(H,23,25);4-7,19-20H,1-3,8-13,17H2;1-2H3,(H4,10,11,14);5-7H,1-4H2;3H,2H2,1H3;2*1H4. The van der Waals surface area contributed by atoms with Crippen LogP contribution in [0.25, 0.3) is 0 Å².